The van der Waals surface area contributed by atoms with E-state index in [1.807, 2.05) is 7.05 Å². The van der Waals surface area contributed by atoms with Crippen LogP contribution in [0.25, 0.3) is 11.3 Å². The Morgan fingerprint density at radius 2 is 1.76 bits per heavy atom. The molecule has 0 spiro atoms. The van der Waals surface area contributed by atoms with Gasteiger partial charge in [0.1, 0.15) is 11.5 Å². The normalized spacial score (nSPS) is 15.7. The summed E-state index contributed by atoms with van der Waals surface area (Å²) in [4.78, 5) is 42.7. The van der Waals surface area contributed by atoms with Crippen LogP contribution in [0, 0.1) is 11.7 Å². The molecule has 1 aliphatic heterocycles. The van der Waals surface area contributed by atoms with Crippen molar-refractivity contribution >= 4 is 58.5 Å². The summed E-state index contributed by atoms with van der Waals surface area (Å²) in [6.07, 6.45) is 2.37. The number of hydrogen-bond donors (Lipinski definition) is 3. The molecule has 1 aliphatic carbocycles. The third kappa shape index (κ3) is 7.64. The van der Waals surface area contributed by atoms with Crippen LogP contribution in [0.5, 0.6) is 5.75 Å². The van der Waals surface area contributed by atoms with Gasteiger partial charge in [0.05, 0.1) is 47.7 Å². The van der Waals surface area contributed by atoms with E-state index in [1.54, 1.807) is 18.0 Å². The van der Waals surface area contributed by atoms with Gasteiger partial charge in [-0.3, -0.25) is 19.1 Å². The summed E-state index contributed by atoms with van der Waals surface area (Å²) >= 11 is 0. The molecule has 1 saturated carbocycles. The van der Waals surface area contributed by atoms with E-state index >= 15 is 4.39 Å². The Morgan fingerprint density at radius 1 is 1.00 bits per heavy atom. The molecule has 0 atom stereocenters. The topological polar surface area (TPSA) is 147 Å². The number of aromatic nitrogens is 4. The smallest absolute Gasteiger partial charge is 0.272 e. The van der Waals surface area contributed by atoms with Crippen molar-refractivity contribution in [2.45, 2.75) is 24.5 Å². The maximum atomic E-state index is 15.2. The van der Waals surface area contributed by atoms with Crippen LogP contribution in [-0.2, 0) is 11.8 Å². The van der Waals surface area contributed by atoms with Crippen LogP contribution >= 0.6 is 0 Å². The number of benzene rings is 1. The van der Waals surface area contributed by atoms with Crippen LogP contribution in [0.3, 0.4) is 0 Å². The first-order valence-electron chi connectivity index (χ1n) is 14.4. The highest BCUT2D eigenvalue weighted by Gasteiger charge is 2.31. The number of carbonyl (C=O) groups is 3. The first-order valence-corrected chi connectivity index (χ1v) is 14.4. The number of amides is 3. The lowest BCUT2D eigenvalue weighted by molar-refractivity contribution is -0.117. The summed E-state index contributed by atoms with van der Waals surface area (Å²) in [5, 5.41) is 18.1. The molecule has 3 amide bonds. The minimum Gasteiger partial charge on any atom is -0.494 e. The maximum absolute atomic E-state index is 15.2. The molecule has 45 heavy (non-hydrogen) atoms. The minimum absolute atomic E-state index is 0.00992. The van der Waals surface area contributed by atoms with Crippen LogP contribution in [-0.4, -0.2) is 117 Å². The van der Waals surface area contributed by atoms with Crippen LogP contribution in [0.4, 0.5) is 21.6 Å². The van der Waals surface area contributed by atoms with Crippen molar-refractivity contribution in [3.05, 3.63) is 41.5 Å². The van der Waals surface area contributed by atoms with E-state index in [4.69, 9.17) is 28.3 Å². The second-order valence-electron chi connectivity index (χ2n) is 11.3. The first-order chi connectivity index (χ1) is 21.3. The summed E-state index contributed by atoms with van der Waals surface area (Å²) < 4.78 is 22.3. The van der Waals surface area contributed by atoms with E-state index in [9.17, 15) is 14.4 Å². The molecule has 3 heterocycles. The number of methoxy groups -OCH3 is 1. The van der Waals surface area contributed by atoms with Crippen molar-refractivity contribution in [2.24, 2.45) is 13.0 Å². The lowest BCUT2D eigenvalue weighted by Crippen LogP contribution is -2.50. The molecule has 0 bridgehead atoms. The molecule has 3 N–H and O–H groups in total. The molecule has 13 nitrogen and oxygen atoms in total. The van der Waals surface area contributed by atoms with Gasteiger partial charge in [-0.2, -0.15) is 5.10 Å². The van der Waals surface area contributed by atoms with E-state index in [0.29, 0.717) is 18.8 Å². The van der Waals surface area contributed by atoms with Gasteiger partial charge in [0.2, 0.25) is 5.91 Å². The molecule has 1 aromatic carbocycles. The Balaban J connectivity index is 1.50. The van der Waals surface area contributed by atoms with Gasteiger partial charge in [0.25, 0.3) is 11.8 Å². The van der Waals surface area contributed by atoms with Crippen molar-refractivity contribution < 1.29 is 23.5 Å². The molecule has 1 saturated heterocycles. The summed E-state index contributed by atoms with van der Waals surface area (Å²) in [5.74, 6) is -1.90. The van der Waals surface area contributed by atoms with Gasteiger partial charge in [0.15, 0.2) is 17.3 Å². The second-order valence-corrected chi connectivity index (χ2v) is 11.3. The molecule has 3 aromatic rings. The Kier molecular flexibility index (Phi) is 9.19. The molecule has 2 aromatic heterocycles. The molecule has 2 fully saturated rings. The number of nitrogens with one attached hydrogen (secondary N) is 3. The SMILES string of the molecule is [B]C([B])([B])NC(=O)c1nnc(NC(=O)C2CC2)cc1Nc1cc(F)cc(-c2cc(C(=O)N3CCCN(C)CC3)n(C)n2)c1OC. The maximum Gasteiger partial charge on any atom is 0.272 e. The second kappa shape index (κ2) is 12.9. The van der Waals surface area contributed by atoms with Gasteiger partial charge in [-0.15, -0.1) is 10.2 Å². The summed E-state index contributed by atoms with van der Waals surface area (Å²) in [6, 6.07) is 5.31. The van der Waals surface area contributed by atoms with Crippen molar-refractivity contribution in [3.8, 4) is 17.0 Å². The third-order valence-electron chi connectivity index (χ3n) is 7.45. The van der Waals surface area contributed by atoms with E-state index in [0.717, 1.165) is 38.4 Å². The van der Waals surface area contributed by atoms with E-state index in [-0.39, 0.29) is 57.6 Å². The first kappa shape index (κ1) is 32.0. The highest BCUT2D eigenvalue weighted by Crippen LogP contribution is 2.39. The molecule has 228 valence electrons. The Bertz CT molecular complexity index is 1630. The van der Waals surface area contributed by atoms with Crippen LogP contribution in [0.2, 0.25) is 0 Å². The molecule has 0 unspecified atom stereocenters. The Labute approximate surface area is 263 Å². The van der Waals surface area contributed by atoms with Gasteiger partial charge in [0, 0.05) is 50.3 Å². The lowest BCUT2D eigenvalue weighted by Gasteiger charge is -2.23. The number of likely N-dealkylation sites (N-methyl/N-ethyl adjacent to an activating group) is 1. The van der Waals surface area contributed by atoms with E-state index < -0.39 is 17.0 Å². The van der Waals surface area contributed by atoms with Gasteiger partial charge in [-0.1, -0.05) is 5.24 Å². The van der Waals surface area contributed by atoms with Gasteiger partial charge >= 0.3 is 0 Å². The van der Waals surface area contributed by atoms with Crippen molar-refractivity contribution in [1.29, 1.82) is 0 Å². The summed E-state index contributed by atoms with van der Waals surface area (Å²) in [5.41, 5.74) is 0.655. The van der Waals surface area contributed by atoms with Gasteiger partial charge in [-0.25, -0.2) is 4.39 Å². The number of aryl methyl sites for hydroxylation is 1. The highest BCUT2D eigenvalue weighted by molar-refractivity contribution is 6.60. The zero-order chi connectivity index (χ0) is 32.5. The Hall–Kier alpha value is -4.40. The highest BCUT2D eigenvalue weighted by atomic mass is 19.1. The molecule has 2 aliphatic rings. The summed E-state index contributed by atoms with van der Waals surface area (Å²) in [6.45, 7) is 2.83. The number of halogens is 1. The van der Waals surface area contributed by atoms with Gasteiger partial charge in [-0.05, 0) is 45.0 Å². The van der Waals surface area contributed by atoms with Gasteiger partial charge < -0.3 is 30.5 Å². The molecular weight excluding hydrogens is 578 g/mol. The van der Waals surface area contributed by atoms with Crippen LogP contribution in [0.15, 0.2) is 24.3 Å². The predicted molar refractivity (Wildman–Crippen MR) is 167 cm³/mol. The fourth-order valence-corrected chi connectivity index (χ4v) is 5.00. The lowest BCUT2D eigenvalue weighted by atomic mass is 9.49. The van der Waals surface area contributed by atoms with E-state index in [1.165, 1.54) is 23.9 Å². The number of nitrogens with zero attached hydrogens (tertiary/aromatic N) is 6. The molecule has 6 radical (unpaired) electrons. The number of anilines is 3. The number of hydrogen-bond acceptors (Lipinski definition) is 9. The van der Waals surface area contributed by atoms with Crippen molar-refractivity contribution in [2.75, 3.05) is 51.0 Å². The van der Waals surface area contributed by atoms with Crippen LogP contribution in [0.1, 0.15) is 40.2 Å². The average Bonchev–Trinajstić information content (AvgIpc) is 3.77. The minimum atomic E-state index is -2.07. The Morgan fingerprint density at radius 3 is 2.44 bits per heavy atom. The fourth-order valence-electron chi connectivity index (χ4n) is 5.00. The van der Waals surface area contributed by atoms with Crippen molar-refractivity contribution in [1.82, 2.24) is 35.1 Å². The zero-order valence-corrected chi connectivity index (χ0v) is 25.3. The predicted octanol–water partition coefficient (Wildman–Crippen LogP) is 0.741. The van der Waals surface area contributed by atoms with Crippen LogP contribution < -0.4 is 20.7 Å². The average molecular weight is 609 g/mol. The molecule has 17 heteroatoms. The zero-order valence-electron chi connectivity index (χ0n) is 25.3. The van der Waals surface area contributed by atoms with Crippen molar-refractivity contribution in [3.63, 3.8) is 0 Å². The summed E-state index contributed by atoms with van der Waals surface area (Å²) in [7, 11) is 21.7. The number of ether oxygens (including phenoxy) is 1. The monoisotopic (exact) mass is 609 g/mol. The molecule has 5 rings (SSSR count). The molecular formula is C28H31B3FN9O4. The third-order valence-corrected chi connectivity index (χ3v) is 7.45. The largest absolute Gasteiger partial charge is 0.494 e. The standard InChI is InChI=1S/C28H31B3FN9O4/c1-39-7-4-8-41(10-9-39)27(44)21-13-18(38-40(21)2)17-11-16(32)12-20(24(17)45-3)33-19-14-22(34-25(42)15-5-6-15)36-37-23(19)26(43)35-28(29,30)31/h11-15H,4-10H2,1-3H3,(H,35,43)(H2,33,34,36,42). The quantitative estimate of drug-likeness (QED) is 0.299. The fraction of sp³-hybridized carbons (Fsp3) is 0.429. The number of carbonyl (C=O) groups excluding carboxylic acids is 3. The number of rotatable bonds is 9. The van der Waals surface area contributed by atoms with E-state index in [2.05, 4.69) is 36.1 Å².